The van der Waals surface area contributed by atoms with E-state index < -0.39 is 0 Å². The Balaban J connectivity index is 2.09. The van der Waals surface area contributed by atoms with E-state index >= 15 is 0 Å². The number of rotatable bonds is 4. The van der Waals surface area contributed by atoms with Crippen molar-refractivity contribution in [3.63, 3.8) is 0 Å². The first-order chi connectivity index (χ1) is 9.38. The quantitative estimate of drug-likeness (QED) is 0.910. The Labute approximate surface area is 123 Å². The highest BCUT2D eigenvalue weighted by molar-refractivity contribution is 5.24. The summed E-state index contributed by atoms with van der Waals surface area (Å²) in [5.41, 5.74) is 2.63. The molecule has 0 saturated heterocycles. The van der Waals surface area contributed by atoms with Crippen LogP contribution in [0.25, 0.3) is 0 Å². The molecule has 0 aromatic carbocycles. The van der Waals surface area contributed by atoms with Gasteiger partial charge in [-0.05, 0) is 56.2 Å². The van der Waals surface area contributed by atoms with Crippen LogP contribution in [0, 0.1) is 18.3 Å². The zero-order valence-electron chi connectivity index (χ0n) is 13.5. The van der Waals surface area contributed by atoms with Crippen LogP contribution in [0.15, 0.2) is 12.1 Å². The summed E-state index contributed by atoms with van der Waals surface area (Å²) >= 11 is 0. The van der Waals surface area contributed by atoms with E-state index in [4.69, 9.17) is 4.74 Å². The molecule has 0 aliphatic heterocycles. The van der Waals surface area contributed by atoms with Crippen LogP contribution >= 0.6 is 0 Å². The standard InChI is InChI=1S/C17H28N2O/c1-12-6-15(10-17(3,4)9-12)20-16-8-14(11-18-5)7-13(2)19-16/h7-8,12,15,18H,6,9-11H2,1-5H3. The van der Waals surface area contributed by atoms with Crippen molar-refractivity contribution < 1.29 is 4.74 Å². The number of aryl methyl sites for hydroxylation is 1. The summed E-state index contributed by atoms with van der Waals surface area (Å²) in [6, 6.07) is 4.17. The van der Waals surface area contributed by atoms with Gasteiger partial charge in [-0.2, -0.15) is 0 Å². The third-order valence-corrected chi connectivity index (χ3v) is 4.00. The molecule has 1 fully saturated rings. The van der Waals surface area contributed by atoms with Crippen molar-refractivity contribution >= 4 is 0 Å². The normalized spacial score (nSPS) is 25.4. The monoisotopic (exact) mass is 276 g/mol. The number of hydrogen-bond donors (Lipinski definition) is 1. The van der Waals surface area contributed by atoms with Crippen molar-refractivity contribution in [2.24, 2.45) is 11.3 Å². The number of aromatic nitrogens is 1. The second-order valence-electron chi connectivity index (χ2n) is 7.14. The molecule has 1 aliphatic carbocycles. The lowest BCUT2D eigenvalue weighted by molar-refractivity contribution is 0.0531. The van der Waals surface area contributed by atoms with Crippen molar-refractivity contribution in [2.75, 3.05) is 7.05 Å². The SMILES string of the molecule is CNCc1cc(C)nc(OC2CC(C)CC(C)(C)C2)c1. The third kappa shape index (κ3) is 4.20. The van der Waals surface area contributed by atoms with Crippen LogP contribution in [0.2, 0.25) is 0 Å². The number of hydrogen-bond acceptors (Lipinski definition) is 3. The summed E-state index contributed by atoms with van der Waals surface area (Å²) in [5, 5.41) is 3.18. The lowest BCUT2D eigenvalue weighted by Crippen LogP contribution is -2.34. The molecular formula is C17H28N2O. The summed E-state index contributed by atoms with van der Waals surface area (Å²) < 4.78 is 6.19. The number of nitrogens with one attached hydrogen (secondary N) is 1. The predicted octanol–water partition coefficient (Wildman–Crippen LogP) is 3.70. The molecule has 2 atom stereocenters. The summed E-state index contributed by atoms with van der Waals surface area (Å²) in [4.78, 5) is 4.53. The van der Waals surface area contributed by atoms with Crippen LogP contribution in [0.1, 0.15) is 51.3 Å². The van der Waals surface area contributed by atoms with Gasteiger partial charge in [0.05, 0.1) is 0 Å². The molecule has 0 amide bonds. The fraction of sp³-hybridized carbons (Fsp3) is 0.706. The lowest BCUT2D eigenvalue weighted by atomic mass is 9.71. The van der Waals surface area contributed by atoms with Gasteiger partial charge < -0.3 is 10.1 Å². The Morgan fingerprint density at radius 1 is 1.35 bits per heavy atom. The first kappa shape index (κ1) is 15.3. The van der Waals surface area contributed by atoms with E-state index in [1.54, 1.807) is 0 Å². The zero-order chi connectivity index (χ0) is 14.8. The first-order valence-corrected chi connectivity index (χ1v) is 7.67. The second-order valence-corrected chi connectivity index (χ2v) is 7.14. The van der Waals surface area contributed by atoms with E-state index in [-0.39, 0.29) is 0 Å². The Morgan fingerprint density at radius 3 is 2.75 bits per heavy atom. The fourth-order valence-electron chi connectivity index (χ4n) is 3.59. The van der Waals surface area contributed by atoms with Gasteiger partial charge in [0, 0.05) is 18.3 Å². The minimum atomic E-state index is 0.297. The first-order valence-electron chi connectivity index (χ1n) is 7.67. The van der Waals surface area contributed by atoms with Crippen LogP contribution in [0.4, 0.5) is 0 Å². The molecule has 0 bridgehead atoms. The fourth-order valence-corrected chi connectivity index (χ4v) is 3.59. The van der Waals surface area contributed by atoms with E-state index in [2.05, 4.69) is 43.2 Å². The van der Waals surface area contributed by atoms with Crippen molar-refractivity contribution in [3.05, 3.63) is 23.4 Å². The molecule has 3 nitrogen and oxygen atoms in total. The van der Waals surface area contributed by atoms with Crippen molar-refractivity contribution in [1.29, 1.82) is 0 Å². The smallest absolute Gasteiger partial charge is 0.214 e. The van der Waals surface area contributed by atoms with Gasteiger partial charge in [-0.25, -0.2) is 4.98 Å². The minimum Gasteiger partial charge on any atom is -0.474 e. The summed E-state index contributed by atoms with van der Waals surface area (Å²) in [5.74, 6) is 1.51. The number of nitrogens with zero attached hydrogens (tertiary/aromatic N) is 1. The molecule has 3 heteroatoms. The molecular weight excluding hydrogens is 248 g/mol. The molecule has 112 valence electrons. The largest absolute Gasteiger partial charge is 0.474 e. The topological polar surface area (TPSA) is 34.2 Å². The molecule has 1 saturated carbocycles. The maximum atomic E-state index is 6.19. The van der Waals surface area contributed by atoms with Crippen LogP contribution in [-0.4, -0.2) is 18.1 Å². The molecule has 20 heavy (non-hydrogen) atoms. The van der Waals surface area contributed by atoms with Gasteiger partial charge in [0.15, 0.2) is 0 Å². The molecule has 2 rings (SSSR count). The molecule has 2 unspecified atom stereocenters. The Bertz CT molecular complexity index is 456. The molecule has 1 N–H and O–H groups in total. The highest BCUT2D eigenvalue weighted by atomic mass is 16.5. The summed E-state index contributed by atoms with van der Waals surface area (Å²) in [7, 11) is 1.96. The van der Waals surface area contributed by atoms with E-state index in [1.165, 1.54) is 12.0 Å². The third-order valence-electron chi connectivity index (χ3n) is 4.00. The maximum Gasteiger partial charge on any atom is 0.214 e. The summed E-state index contributed by atoms with van der Waals surface area (Å²) in [6.45, 7) is 9.89. The van der Waals surface area contributed by atoms with Crippen molar-refractivity contribution in [1.82, 2.24) is 10.3 Å². The van der Waals surface area contributed by atoms with Crippen molar-refractivity contribution in [2.45, 2.75) is 59.6 Å². The predicted molar refractivity (Wildman–Crippen MR) is 82.9 cm³/mol. The second kappa shape index (κ2) is 6.13. The van der Waals surface area contributed by atoms with Gasteiger partial charge in [0.1, 0.15) is 6.10 Å². The molecule has 0 spiro atoms. The minimum absolute atomic E-state index is 0.297. The molecule has 1 aromatic rings. The van der Waals surface area contributed by atoms with Gasteiger partial charge in [-0.3, -0.25) is 0 Å². The average molecular weight is 276 g/mol. The number of ether oxygens (including phenoxy) is 1. The van der Waals surface area contributed by atoms with Gasteiger partial charge in [-0.15, -0.1) is 0 Å². The van der Waals surface area contributed by atoms with Crippen LogP contribution in [0.5, 0.6) is 5.88 Å². The highest BCUT2D eigenvalue weighted by Gasteiger charge is 2.33. The Kier molecular flexibility index (Phi) is 4.69. The van der Waals surface area contributed by atoms with E-state index in [0.29, 0.717) is 11.5 Å². The number of pyridine rings is 1. The molecule has 1 heterocycles. The van der Waals surface area contributed by atoms with Crippen molar-refractivity contribution in [3.8, 4) is 5.88 Å². The maximum absolute atomic E-state index is 6.19. The zero-order valence-corrected chi connectivity index (χ0v) is 13.5. The molecule has 0 radical (unpaired) electrons. The van der Waals surface area contributed by atoms with Gasteiger partial charge >= 0.3 is 0 Å². The lowest BCUT2D eigenvalue weighted by Gasteiger charge is -2.38. The van der Waals surface area contributed by atoms with E-state index in [1.807, 2.05) is 14.0 Å². The Morgan fingerprint density at radius 2 is 2.10 bits per heavy atom. The van der Waals surface area contributed by atoms with Crippen LogP contribution < -0.4 is 10.1 Å². The molecule has 1 aliphatic rings. The molecule has 1 aromatic heterocycles. The summed E-state index contributed by atoms with van der Waals surface area (Å²) in [6.07, 6.45) is 3.85. The Hall–Kier alpha value is -1.09. The van der Waals surface area contributed by atoms with Gasteiger partial charge in [-0.1, -0.05) is 20.8 Å². The van der Waals surface area contributed by atoms with Crippen LogP contribution in [-0.2, 0) is 6.54 Å². The average Bonchev–Trinajstić information content (AvgIpc) is 2.24. The van der Waals surface area contributed by atoms with Gasteiger partial charge in [0.25, 0.3) is 0 Å². The van der Waals surface area contributed by atoms with E-state index in [9.17, 15) is 0 Å². The van der Waals surface area contributed by atoms with Gasteiger partial charge in [0.2, 0.25) is 5.88 Å². The van der Waals surface area contributed by atoms with E-state index in [0.717, 1.165) is 36.9 Å². The van der Waals surface area contributed by atoms with Crippen LogP contribution in [0.3, 0.4) is 0 Å². The highest BCUT2D eigenvalue weighted by Crippen LogP contribution is 2.39.